The minimum absolute atomic E-state index is 0.0347. The highest BCUT2D eigenvalue weighted by molar-refractivity contribution is 5.91. The lowest BCUT2D eigenvalue weighted by molar-refractivity contribution is -0.116. The first-order chi connectivity index (χ1) is 9.66. The summed E-state index contributed by atoms with van der Waals surface area (Å²) in [5.74, 6) is -0.0347. The number of nitrogens with one attached hydrogen (secondary N) is 1. The van der Waals surface area contributed by atoms with Crippen molar-refractivity contribution in [2.24, 2.45) is 5.73 Å². The summed E-state index contributed by atoms with van der Waals surface area (Å²) >= 11 is 0. The van der Waals surface area contributed by atoms with E-state index in [4.69, 9.17) is 5.73 Å². The number of carbonyl (C=O) groups excluding carboxylic acids is 1. The van der Waals surface area contributed by atoms with E-state index in [-0.39, 0.29) is 11.9 Å². The van der Waals surface area contributed by atoms with Crippen LogP contribution in [0, 0.1) is 6.92 Å². The SMILES string of the molecule is Cc1ncccc1NC(=O)CCC(N)c1ccccc1. The van der Waals surface area contributed by atoms with Crippen molar-refractivity contribution in [1.29, 1.82) is 0 Å². The van der Waals surface area contributed by atoms with Gasteiger partial charge in [0.1, 0.15) is 0 Å². The summed E-state index contributed by atoms with van der Waals surface area (Å²) in [5, 5.41) is 2.86. The zero-order valence-corrected chi connectivity index (χ0v) is 11.5. The van der Waals surface area contributed by atoms with Gasteiger partial charge in [-0.05, 0) is 31.0 Å². The molecule has 1 atom stereocenters. The van der Waals surface area contributed by atoms with Crippen LogP contribution in [0.3, 0.4) is 0 Å². The lowest BCUT2D eigenvalue weighted by Crippen LogP contribution is -2.17. The molecule has 1 heterocycles. The third-order valence-electron chi connectivity index (χ3n) is 3.19. The van der Waals surface area contributed by atoms with Crippen LogP contribution in [0.15, 0.2) is 48.7 Å². The average molecular weight is 269 g/mol. The number of amides is 1. The van der Waals surface area contributed by atoms with Gasteiger partial charge in [0.2, 0.25) is 5.91 Å². The van der Waals surface area contributed by atoms with Gasteiger partial charge in [-0.1, -0.05) is 30.3 Å². The molecule has 4 nitrogen and oxygen atoms in total. The number of aryl methyl sites for hydroxylation is 1. The molecule has 1 unspecified atom stereocenters. The van der Waals surface area contributed by atoms with Crippen LogP contribution in [0.2, 0.25) is 0 Å². The Labute approximate surface area is 119 Å². The minimum atomic E-state index is -0.114. The van der Waals surface area contributed by atoms with Crippen molar-refractivity contribution in [3.63, 3.8) is 0 Å². The van der Waals surface area contributed by atoms with Crippen LogP contribution in [-0.4, -0.2) is 10.9 Å². The number of rotatable bonds is 5. The summed E-state index contributed by atoms with van der Waals surface area (Å²) in [4.78, 5) is 16.0. The van der Waals surface area contributed by atoms with E-state index in [9.17, 15) is 4.79 Å². The van der Waals surface area contributed by atoms with E-state index in [2.05, 4.69) is 10.3 Å². The molecule has 0 fully saturated rings. The molecule has 0 aliphatic rings. The van der Waals surface area contributed by atoms with Gasteiger partial charge in [0.25, 0.3) is 0 Å². The molecule has 4 heteroatoms. The van der Waals surface area contributed by atoms with Crippen molar-refractivity contribution in [1.82, 2.24) is 4.98 Å². The molecule has 1 aromatic carbocycles. The molecule has 1 aromatic heterocycles. The van der Waals surface area contributed by atoms with Gasteiger partial charge in [-0.2, -0.15) is 0 Å². The highest BCUT2D eigenvalue weighted by Crippen LogP contribution is 2.16. The first kappa shape index (κ1) is 14.2. The highest BCUT2D eigenvalue weighted by atomic mass is 16.1. The van der Waals surface area contributed by atoms with E-state index in [0.717, 1.165) is 16.9 Å². The molecule has 3 N–H and O–H groups in total. The number of aromatic nitrogens is 1. The maximum atomic E-state index is 11.9. The predicted molar refractivity (Wildman–Crippen MR) is 80.2 cm³/mol. The van der Waals surface area contributed by atoms with Gasteiger partial charge in [-0.3, -0.25) is 9.78 Å². The van der Waals surface area contributed by atoms with Gasteiger partial charge in [-0.15, -0.1) is 0 Å². The van der Waals surface area contributed by atoms with Crippen LogP contribution in [0.25, 0.3) is 0 Å². The normalized spacial score (nSPS) is 11.9. The van der Waals surface area contributed by atoms with Gasteiger partial charge < -0.3 is 11.1 Å². The molecule has 2 aromatic rings. The lowest BCUT2D eigenvalue weighted by atomic mass is 10.0. The van der Waals surface area contributed by atoms with Gasteiger partial charge >= 0.3 is 0 Å². The Morgan fingerprint density at radius 2 is 2.00 bits per heavy atom. The molecular weight excluding hydrogens is 250 g/mol. The Bertz CT molecular complexity index is 569. The maximum absolute atomic E-state index is 11.9. The van der Waals surface area contributed by atoms with E-state index in [1.807, 2.05) is 43.3 Å². The Kier molecular flexibility index (Phi) is 4.85. The number of carbonyl (C=O) groups is 1. The molecule has 104 valence electrons. The fourth-order valence-corrected chi connectivity index (χ4v) is 1.98. The summed E-state index contributed by atoms with van der Waals surface area (Å²) in [7, 11) is 0. The van der Waals surface area contributed by atoms with E-state index in [0.29, 0.717) is 12.8 Å². The monoisotopic (exact) mass is 269 g/mol. The largest absolute Gasteiger partial charge is 0.325 e. The molecule has 0 radical (unpaired) electrons. The third kappa shape index (κ3) is 3.90. The number of benzene rings is 1. The van der Waals surface area contributed by atoms with Crippen molar-refractivity contribution in [3.8, 4) is 0 Å². The molecule has 0 spiro atoms. The second kappa shape index (κ2) is 6.82. The van der Waals surface area contributed by atoms with Gasteiger partial charge in [0.05, 0.1) is 11.4 Å². The smallest absolute Gasteiger partial charge is 0.224 e. The highest BCUT2D eigenvalue weighted by Gasteiger charge is 2.10. The number of nitrogens with zero attached hydrogens (tertiary/aromatic N) is 1. The quantitative estimate of drug-likeness (QED) is 0.877. The van der Waals surface area contributed by atoms with Crippen LogP contribution in [0.4, 0.5) is 5.69 Å². The summed E-state index contributed by atoms with van der Waals surface area (Å²) in [6, 6.07) is 13.4. The van der Waals surface area contributed by atoms with Crippen LogP contribution in [0.1, 0.15) is 30.1 Å². The molecule has 20 heavy (non-hydrogen) atoms. The number of hydrogen-bond acceptors (Lipinski definition) is 3. The van der Waals surface area contributed by atoms with Crippen molar-refractivity contribution < 1.29 is 4.79 Å². The fourth-order valence-electron chi connectivity index (χ4n) is 1.98. The van der Waals surface area contributed by atoms with Crippen molar-refractivity contribution >= 4 is 11.6 Å². The van der Waals surface area contributed by atoms with Crippen LogP contribution < -0.4 is 11.1 Å². The Morgan fingerprint density at radius 1 is 1.25 bits per heavy atom. The maximum Gasteiger partial charge on any atom is 0.224 e. The Hall–Kier alpha value is -2.20. The lowest BCUT2D eigenvalue weighted by Gasteiger charge is -2.12. The fraction of sp³-hybridized carbons (Fsp3) is 0.250. The molecule has 0 saturated carbocycles. The average Bonchev–Trinajstić information content (AvgIpc) is 2.48. The second-order valence-corrected chi connectivity index (χ2v) is 4.74. The first-order valence-electron chi connectivity index (χ1n) is 6.69. The molecule has 0 bridgehead atoms. The molecule has 0 aliphatic carbocycles. The molecule has 1 amide bonds. The molecule has 0 saturated heterocycles. The summed E-state index contributed by atoms with van der Waals surface area (Å²) < 4.78 is 0. The first-order valence-corrected chi connectivity index (χ1v) is 6.69. The number of anilines is 1. The molecular formula is C16H19N3O. The van der Waals surface area contributed by atoms with Crippen molar-refractivity contribution in [2.45, 2.75) is 25.8 Å². The van der Waals surface area contributed by atoms with Crippen LogP contribution >= 0.6 is 0 Å². The zero-order valence-electron chi connectivity index (χ0n) is 11.5. The summed E-state index contributed by atoms with van der Waals surface area (Å²) in [6.45, 7) is 1.87. The topological polar surface area (TPSA) is 68.0 Å². The van der Waals surface area contributed by atoms with Crippen LogP contribution in [-0.2, 0) is 4.79 Å². The second-order valence-electron chi connectivity index (χ2n) is 4.74. The number of pyridine rings is 1. The number of hydrogen-bond donors (Lipinski definition) is 2. The Morgan fingerprint density at radius 3 is 2.70 bits per heavy atom. The third-order valence-corrected chi connectivity index (χ3v) is 3.19. The summed E-state index contributed by atoms with van der Waals surface area (Å²) in [6.07, 6.45) is 2.72. The van der Waals surface area contributed by atoms with Crippen molar-refractivity contribution in [3.05, 3.63) is 59.9 Å². The van der Waals surface area contributed by atoms with E-state index in [1.165, 1.54) is 0 Å². The van der Waals surface area contributed by atoms with E-state index >= 15 is 0 Å². The van der Waals surface area contributed by atoms with Gasteiger partial charge in [-0.25, -0.2) is 0 Å². The zero-order chi connectivity index (χ0) is 14.4. The predicted octanol–water partition coefficient (Wildman–Crippen LogP) is 2.81. The van der Waals surface area contributed by atoms with Gasteiger partial charge in [0, 0.05) is 18.7 Å². The van der Waals surface area contributed by atoms with Crippen LogP contribution in [0.5, 0.6) is 0 Å². The molecule has 2 rings (SSSR count). The van der Waals surface area contributed by atoms with Crippen molar-refractivity contribution in [2.75, 3.05) is 5.32 Å². The van der Waals surface area contributed by atoms with E-state index < -0.39 is 0 Å². The van der Waals surface area contributed by atoms with Gasteiger partial charge in [0.15, 0.2) is 0 Å². The molecule has 0 aliphatic heterocycles. The number of nitrogens with two attached hydrogens (primary N) is 1. The summed E-state index contributed by atoms with van der Waals surface area (Å²) in [5.41, 5.74) is 8.70. The standard InChI is InChI=1S/C16H19N3O/c1-12-15(8-5-11-18-12)19-16(20)10-9-14(17)13-6-3-2-4-7-13/h2-8,11,14H,9-10,17H2,1H3,(H,19,20). The van der Waals surface area contributed by atoms with E-state index in [1.54, 1.807) is 12.3 Å². The minimum Gasteiger partial charge on any atom is -0.325 e. The Balaban J connectivity index is 1.85.